The molecule has 0 fully saturated rings. The molecule has 2 heterocycles. The van der Waals surface area contributed by atoms with Crippen molar-refractivity contribution < 1.29 is 9.53 Å². The summed E-state index contributed by atoms with van der Waals surface area (Å²) in [4.78, 5) is 16.5. The molecule has 0 aromatic carbocycles. The fourth-order valence-corrected chi connectivity index (χ4v) is 2.02. The second kappa shape index (κ2) is 5.21. The van der Waals surface area contributed by atoms with Crippen LogP contribution in [0.15, 0.2) is 18.3 Å². The van der Waals surface area contributed by atoms with Gasteiger partial charge in [0.15, 0.2) is 5.69 Å². The average Bonchev–Trinajstić information content (AvgIpc) is 2.67. The van der Waals surface area contributed by atoms with Crippen LogP contribution in [0.5, 0.6) is 0 Å². The zero-order valence-corrected chi connectivity index (χ0v) is 11.1. The first kappa shape index (κ1) is 12.6. The van der Waals surface area contributed by atoms with Gasteiger partial charge in [0.05, 0.1) is 12.3 Å². The number of esters is 1. The molecule has 0 saturated carbocycles. The number of rotatable bonds is 4. The maximum atomic E-state index is 12.0. The van der Waals surface area contributed by atoms with Gasteiger partial charge in [0.25, 0.3) is 0 Å². The van der Waals surface area contributed by atoms with Crippen molar-refractivity contribution in [3.05, 3.63) is 35.3 Å². The van der Waals surface area contributed by atoms with E-state index < -0.39 is 0 Å². The molecule has 0 unspecified atom stereocenters. The molecular formula is C14H18N2O2. The average molecular weight is 246 g/mol. The van der Waals surface area contributed by atoms with Gasteiger partial charge in [0, 0.05) is 6.20 Å². The van der Waals surface area contributed by atoms with Crippen LogP contribution >= 0.6 is 0 Å². The fraction of sp³-hybridized carbons (Fsp3) is 0.429. The number of carbonyl (C=O) groups excluding carboxylic acids is 1. The summed E-state index contributed by atoms with van der Waals surface area (Å²) >= 11 is 0. The number of ether oxygens (including phenoxy) is 1. The third kappa shape index (κ3) is 2.23. The Kier molecular flexibility index (Phi) is 3.65. The van der Waals surface area contributed by atoms with Crippen molar-refractivity contribution in [2.75, 3.05) is 6.61 Å². The minimum absolute atomic E-state index is 0.294. The Bertz CT molecular complexity index is 572. The number of fused-ring (bicyclic) bond motifs is 1. The van der Waals surface area contributed by atoms with E-state index in [1.165, 1.54) is 0 Å². The van der Waals surface area contributed by atoms with Crippen LogP contribution < -0.4 is 0 Å². The smallest absolute Gasteiger partial charge is 0.357 e. The van der Waals surface area contributed by atoms with Crippen molar-refractivity contribution in [2.24, 2.45) is 0 Å². The predicted octanol–water partition coefficient (Wildman–Crippen LogP) is 2.77. The number of carbonyl (C=O) groups is 1. The number of imidazole rings is 1. The highest BCUT2D eigenvalue weighted by atomic mass is 16.5. The molecule has 96 valence electrons. The van der Waals surface area contributed by atoms with E-state index in [0.29, 0.717) is 12.3 Å². The molecule has 0 N–H and O–H groups in total. The second-order valence-corrected chi connectivity index (χ2v) is 4.31. The minimum Gasteiger partial charge on any atom is -0.461 e. The first-order chi connectivity index (χ1) is 8.67. The molecule has 0 saturated heterocycles. The lowest BCUT2D eigenvalue weighted by Crippen LogP contribution is -2.10. The summed E-state index contributed by atoms with van der Waals surface area (Å²) in [5.74, 6) is -0.294. The van der Waals surface area contributed by atoms with E-state index in [1.807, 2.05) is 36.6 Å². The van der Waals surface area contributed by atoms with E-state index in [4.69, 9.17) is 4.74 Å². The number of nitrogens with zero attached hydrogens (tertiary/aromatic N) is 2. The molecule has 0 radical (unpaired) electrons. The zero-order valence-electron chi connectivity index (χ0n) is 11.1. The molecule has 0 atom stereocenters. The Hall–Kier alpha value is -1.84. The lowest BCUT2D eigenvalue weighted by Gasteiger charge is -2.04. The zero-order chi connectivity index (χ0) is 13.1. The molecule has 0 spiro atoms. The Morgan fingerprint density at radius 3 is 2.89 bits per heavy atom. The first-order valence-electron chi connectivity index (χ1n) is 6.32. The monoisotopic (exact) mass is 246 g/mol. The molecule has 2 rings (SSSR count). The van der Waals surface area contributed by atoms with Gasteiger partial charge < -0.3 is 4.74 Å². The maximum Gasteiger partial charge on any atom is 0.357 e. The summed E-state index contributed by atoms with van der Waals surface area (Å²) in [6.45, 7) is 6.27. The van der Waals surface area contributed by atoms with Crippen molar-refractivity contribution in [3.8, 4) is 0 Å². The van der Waals surface area contributed by atoms with E-state index in [1.54, 1.807) is 0 Å². The van der Waals surface area contributed by atoms with Gasteiger partial charge in [-0.2, -0.15) is 0 Å². The van der Waals surface area contributed by atoms with Gasteiger partial charge in [0.1, 0.15) is 5.65 Å². The first-order valence-corrected chi connectivity index (χ1v) is 6.32. The molecule has 0 aliphatic rings. The van der Waals surface area contributed by atoms with Crippen LogP contribution in [0.3, 0.4) is 0 Å². The van der Waals surface area contributed by atoms with Crippen LogP contribution in [0.25, 0.3) is 5.65 Å². The highest BCUT2D eigenvalue weighted by molar-refractivity contribution is 5.90. The Morgan fingerprint density at radius 2 is 2.22 bits per heavy atom. The molecule has 0 aliphatic carbocycles. The molecule has 2 aromatic heterocycles. The van der Waals surface area contributed by atoms with Gasteiger partial charge in [-0.3, -0.25) is 4.40 Å². The maximum absolute atomic E-state index is 12.0. The standard InChI is InChI=1S/C14H18N2O2/c1-4-6-11-13(14(17)18-5-2)16-8-7-10(3)9-12(16)15-11/h7-9H,4-6H2,1-3H3. The number of hydrogen-bond donors (Lipinski definition) is 0. The molecule has 2 aromatic rings. The number of pyridine rings is 1. The van der Waals surface area contributed by atoms with E-state index in [2.05, 4.69) is 11.9 Å². The lowest BCUT2D eigenvalue weighted by atomic mass is 10.2. The molecule has 0 amide bonds. The van der Waals surface area contributed by atoms with Gasteiger partial charge in [-0.25, -0.2) is 9.78 Å². The van der Waals surface area contributed by atoms with Crippen molar-refractivity contribution >= 4 is 11.6 Å². The van der Waals surface area contributed by atoms with Crippen LogP contribution in [0, 0.1) is 6.92 Å². The van der Waals surface area contributed by atoms with E-state index >= 15 is 0 Å². The SMILES string of the molecule is CCCc1nc2cc(C)ccn2c1C(=O)OCC. The van der Waals surface area contributed by atoms with Gasteiger partial charge in [-0.05, 0) is 38.0 Å². The molecule has 0 bridgehead atoms. The second-order valence-electron chi connectivity index (χ2n) is 4.31. The molecular weight excluding hydrogens is 228 g/mol. The number of hydrogen-bond acceptors (Lipinski definition) is 3. The highest BCUT2D eigenvalue weighted by Gasteiger charge is 2.19. The third-order valence-corrected chi connectivity index (χ3v) is 2.81. The van der Waals surface area contributed by atoms with Crippen LogP contribution in [0.2, 0.25) is 0 Å². The van der Waals surface area contributed by atoms with E-state index in [-0.39, 0.29) is 5.97 Å². The summed E-state index contributed by atoms with van der Waals surface area (Å²) in [5.41, 5.74) is 3.32. The minimum atomic E-state index is -0.294. The highest BCUT2D eigenvalue weighted by Crippen LogP contribution is 2.16. The van der Waals surface area contributed by atoms with Gasteiger partial charge in [-0.1, -0.05) is 13.3 Å². The van der Waals surface area contributed by atoms with Crippen molar-refractivity contribution in [1.82, 2.24) is 9.38 Å². The number of aryl methyl sites for hydroxylation is 2. The predicted molar refractivity (Wildman–Crippen MR) is 69.9 cm³/mol. The molecule has 18 heavy (non-hydrogen) atoms. The third-order valence-electron chi connectivity index (χ3n) is 2.81. The van der Waals surface area contributed by atoms with E-state index in [0.717, 1.165) is 29.7 Å². The van der Waals surface area contributed by atoms with Crippen molar-refractivity contribution in [3.63, 3.8) is 0 Å². The van der Waals surface area contributed by atoms with Crippen molar-refractivity contribution in [1.29, 1.82) is 0 Å². The normalized spacial score (nSPS) is 10.8. The van der Waals surface area contributed by atoms with Crippen molar-refractivity contribution in [2.45, 2.75) is 33.6 Å². The number of aromatic nitrogens is 2. The summed E-state index contributed by atoms with van der Waals surface area (Å²) in [7, 11) is 0. The Labute approximate surface area is 107 Å². The largest absolute Gasteiger partial charge is 0.461 e. The summed E-state index contributed by atoms with van der Waals surface area (Å²) < 4.78 is 6.93. The molecule has 0 aliphatic heterocycles. The molecule has 4 nitrogen and oxygen atoms in total. The van der Waals surface area contributed by atoms with Crippen LogP contribution in [-0.4, -0.2) is 22.0 Å². The van der Waals surface area contributed by atoms with E-state index in [9.17, 15) is 4.79 Å². The summed E-state index contributed by atoms with van der Waals surface area (Å²) in [5, 5.41) is 0. The van der Waals surface area contributed by atoms with Gasteiger partial charge >= 0.3 is 5.97 Å². The lowest BCUT2D eigenvalue weighted by molar-refractivity contribution is 0.0517. The van der Waals surface area contributed by atoms with Crippen LogP contribution in [0.4, 0.5) is 0 Å². The Balaban J connectivity index is 2.58. The van der Waals surface area contributed by atoms with Crippen LogP contribution in [0.1, 0.15) is 42.0 Å². The topological polar surface area (TPSA) is 43.6 Å². The summed E-state index contributed by atoms with van der Waals surface area (Å²) in [6, 6.07) is 3.94. The van der Waals surface area contributed by atoms with Gasteiger partial charge in [0.2, 0.25) is 0 Å². The van der Waals surface area contributed by atoms with Gasteiger partial charge in [-0.15, -0.1) is 0 Å². The van der Waals surface area contributed by atoms with Crippen LogP contribution in [-0.2, 0) is 11.2 Å². The summed E-state index contributed by atoms with van der Waals surface area (Å²) in [6.07, 6.45) is 3.62. The molecule has 4 heteroatoms. The Morgan fingerprint density at radius 1 is 1.44 bits per heavy atom. The quantitative estimate of drug-likeness (QED) is 0.779. The fourth-order valence-electron chi connectivity index (χ4n) is 2.02.